The van der Waals surface area contributed by atoms with Gasteiger partial charge in [0, 0.05) is 18.6 Å². The first-order chi connectivity index (χ1) is 8.94. The second-order valence-electron chi connectivity index (χ2n) is 6.47. The fourth-order valence-electron chi connectivity index (χ4n) is 2.53. The van der Waals surface area contributed by atoms with Crippen LogP contribution in [-0.2, 0) is 6.42 Å². The molecule has 1 heterocycles. The highest BCUT2D eigenvalue weighted by atomic mass is 16.2. The van der Waals surface area contributed by atoms with E-state index in [2.05, 4.69) is 29.6 Å². The molecule has 104 valence electrons. The summed E-state index contributed by atoms with van der Waals surface area (Å²) in [5, 5.41) is 3.03. The van der Waals surface area contributed by atoms with Crippen molar-refractivity contribution >= 4 is 6.03 Å². The number of amides is 2. The predicted octanol–water partition coefficient (Wildman–Crippen LogP) is 3.06. The van der Waals surface area contributed by atoms with Gasteiger partial charge in [-0.3, -0.25) is 0 Å². The largest absolute Gasteiger partial charge is 0.333 e. The average molecular weight is 260 g/mol. The molecule has 0 radical (unpaired) electrons. The number of hydrogen-bond acceptors (Lipinski definition) is 1. The summed E-state index contributed by atoms with van der Waals surface area (Å²) in [7, 11) is 0. The van der Waals surface area contributed by atoms with E-state index >= 15 is 0 Å². The highest BCUT2D eigenvalue weighted by Gasteiger charge is 2.28. The average Bonchev–Trinajstić information content (AvgIpc) is 2.77. The van der Waals surface area contributed by atoms with E-state index in [1.54, 1.807) is 0 Å². The summed E-state index contributed by atoms with van der Waals surface area (Å²) in [5.74, 6) is 0.591. The summed E-state index contributed by atoms with van der Waals surface area (Å²) in [5.41, 5.74) is 1.21. The maximum Gasteiger partial charge on any atom is 0.317 e. The fraction of sp³-hybridized carbons (Fsp3) is 0.562. The van der Waals surface area contributed by atoms with Crippen molar-refractivity contribution in [3.05, 3.63) is 35.9 Å². The van der Waals surface area contributed by atoms with Gasteiger partial charge < -0.3 is 10.2 Å². The molecule has 1 saturated heterocycles. The molecule has 1 aliphatic heterocycles. The van der Waals surface area contributed by atoms with E-state index in [4.69, 9.17) is 0 Å². The van der Waals surface area contributed by atoms with Crippen LogP contribution < -0.4 is 5.32 Å². The third-order valence-corrected chi connectivity index (χ3v) is 3.42. The molecule has 0 aromatic heterocycles. The van der Waals surface area contributed by atoms with Crippen molar-refractivity contribution in [2.75, 3.05) is 13.1 Å². The van der Waals surface area contributed by atoms with Gasteiger partial charge in [0.05, 0.1) is 0 Å². The molecule has 0 spiro atoms. The number of likely N-dealkylation sites (tertiary alicyclic amines) is 1. The zero-order valence-electron chi connectivity index (χ0n) is 12.1. The highest BCUT2D eigenvalue weighted by molar-refractivity contribution is 5.75. The lowest BCUT2D eigenvalue weighted by atomic mass is 9.99. The Balaban J connectivity index is 1.85. The minimum Gasteiger partial charge on any atom is -0.333 e. The van der Waals surface area contributed by atoms with Gasteiger partial charge in [0.1, 0.15) is 0 Å². The van der Waals surface area contributed by atoms with E-state index < -0.39 is 0 Å². The molecule has 1 aromatic rings. The Bertz CT molecular complexity index is 422. The molecule has 2 rings (SSSR count). The Labute approximate surface area is 116 Å². The van der Waals surface area contributed by atoms with Gasteiger partial charge in [-0.05, 0) is 45.1 Å². The Morgan fingerprint density at radius 1 is 1.32 bits per heavy atom. The van der Waals surface area contributed by atoms with Gasteiger partial charge in [-0.2, -0.15) is 0 Å². The van der Waals surface area contributed by atoms with Gasteiger partial charge in [-0.1, -0.05) is 30.3 Å². The van der Waals surface area contributed by atoms with E-state index in [9.17, 15) is 4.79 Å². The smallest absolute Gasteiger partial charge is 0.317 e. The predicted molar refractivity (Wildman–Crippen MR) is 78.1 cm³/mol. The van der Waals surface area contributed by atoms with Crippen molar-refractivity contribution in [2.24, 2.45) is 5.92 Å². The van der Waals surface area contributed by atoms with Crippen molar-refractivity contribution in [1.29, 1.82) is 0 Å². The van der Waals surface area contributed by atoms with Crippen molar-refractivity contribution < 1.29 is 4.79 Å². The number of urea groups is 1. The lowest BCUT2D eigenvalue weighted by Crippen LogP contribution is -2.47. The SMILES string of the molecule is CC(C)(C)NC(=O)N1CCC(Cc2ccccc2)C1. The third-order valence-electron chi connectivity index (χ3n) is 3.42. The maximum absolute atomic E-state index is 12.1. The molecular weight excluding hydrogens is 236 g/mol. The van der Waals surface area contributed by atoms with Gasteiger partial charge in [0.2, 0.25) is 0 Å². The van der Waals surface area contributed by atoms with E-state index in [-0.39, 0.29) is 11.6 Å². The molecule has 3 heteroatoms. The molecule has 1 aromatic carbocycles. The van der Waals surface area contributed by atoms with Crippen LogP contribution in [0.2, 0.25) is 0 Å². The zero-order chi connectivity index (χ0) is 13.9. The van der Waals surface area contributed by atoms with Crippen molar-refractivity contribution in [2.45, 2.75) is 39.2 Å². The second kappa shape index (κ2) is 5.64. The molecule has 1 aliphatic rings. The molecule has 1 N–H and O–H groups in total. The van der Waals surface area contributed by atoms with Gasteiger partial charge in [-0.25, -0.2) is 4.79 Å². The second-order valence-corrected chi connectivity index (χ2v) is 6.47. The van der Waals surface area contributed by atoms with Crippen molar-refractivity contribution in [1.82, 2.24) is 10.2 Å². The van der Waals surface area contributed by atoms with Gasteiger partial charge in [-0.15, -0.1) is 0 Å². The van der Waals surface area contributed by atoms with Crippen molar-refractivity contribution in [3.8, 4) is 0 Å². The Morgan fingerprint density at radius 2 is 2.00 bits per heavy atom. The molecule has 3 nitrogen and oxygen atoms in total. The summed E-state index contributed by atoms with van der Waals surface area (Å²) >= 11 is 0. The third kappa shape index (κ3) is 4.27. The van der Waals surface area contributed by atoms with Crippen LogP contribution in [0.1, 0.15) is 32.8 Å². The summed E-state index contributed by atoms with van der Waals surface area (Å²) in [6.07, 6.45) is 2.17. The number of rotatable bonds is 2. The number of nitrogens with zero attached hydrogens (tertiary/aromatic N) is 1. The van der Waals surface area contributed by atoms with E-state index in [1.807, 2.05) is 31.7 Å². The minimum atomic E-state index is -0.158. The van der Waals surface area contributed by atoms with E-state index in [0.29, 0.717) is 5.92 Å². The molecule has 1 fully saturated rings. The first-order valence-corrected chi connectivity index (χ1v) is 7.05. The molecule has 0 saturated carbocycles. The van der Waals surface area contributed by atoms with Crippen LogP contribution in [0, 0.1) is 5.92 Å². The molecule has 2 amide bonds. The van der Waals surface area contributed by atoms with Crippen LogP contribution in [0.15, 0.2) is 30.3 Å². The Morgan fingerprint density at radius 3 is 2.63 bits per heavy atom. The van der Waals surface area contributed by atoms with Crippen LogP contribution in [0.5, 0.6) is 0 Å². The number of hydrogen-bond donors (Lipinski definition) is 1. The van der Waals surface area contributed by atoms with Crippen LogP contribution in [0.4, 0.5) is 4.79 Å². The van der Waals surface area contributed by atoms with Crippen LogP contribution in [0.3, 0.4) is 0 Å². The zero-order valence-corrected chi connectivity index (χ0v) is 12.1. The molecular formula is C16H24N2O. The topological polar surface area (TPSA) is 32.3 Å². The van der Waals surface area contributed by atoms with Gasteiger partial charge in [0.25, 0.3) is 0 Å². The summed E-state index contributed by atoms with van der Waals surface area (Å²) in [6.45, 7) is 7.80. The minimum absolute atomic E-state index is 0.0723. The molecule has 19 heavy (non-hydrogen) atoms. The Hall–Kier alpha value is -1.51. The Kier molecular flexibility index (Phi) is 4.13. The van der Waals surface area contributed by atoms with E-state index in [1.165, 1.54) is 5.56 Å². The highest BCUT2D eigenvalue weighted by Crippen LogP contribution is 2.21. The molecule has 1 atom stereocenters. The number of carbonyl (C=O) groups is 1. The number of carbonyl (C=O) groups excluding carboxylic acids is 1. The van der Waals surface area contributed by atoms with Crippen LogP contribution in [-0.4, -0.2) is 29.6 Å². The summed E-state index contributed by atoms with van der Waals surface area (Å²) in [6, 6.07) is 10.6. The lowest BCUT2D eigenvalue weighted by Gasteiger charge is -2.25. The molecule has 0 aliphatic carbocycles. The van der Waals surface area contributed by atoms with E-state index in [0.717, 1.165) is 25.9 Å². The van der Waals surface area contributed by atoms with Crippen molar-refractivity contribution in [3.63, 3.8) is 0 Å². The van der Waals surface area contributed by atoms with Crippen LogP contribution >= 0.6 is 0 Å². The standard InChI is InChI=1S/C16H24N2O/c1-16(2,3)17-15(19)18-10-9-14(12-18)11-13-7-5-4-6-8-13/h4-8,14H,9-12H2,1-3H3,(H,17,19). The maximum atomic E-state index is 12.1. The monoisotopic (exact) mass is 260 g/mol. The summed E-state index contributed by atoms with van der Waals surface area (Å²) < 4.78 is 0. The summed E-state index contributed by atoms with van der Waals surface area (Å²) in [4.78, 5) is 14.0. The van der Waals surface area contributed by atoms with Crippen LogP contribution in [0.25, 0.3) is 0 Å². The lowest BCUT2D eigenvalue weighted by molar-refractivity contribution is 0.197. The van der Waals surface area contributed by atoms with Gasteiger partial charge >= 0.3 is 6.03 Å². The normalized spacial score (nSPS) is 19.5. The first-order valence-electron chi connectivity index (χ1n) is 7.05. The number of nitrogens with one attached hydrogen (secondary N) is 1. The first kappa shape index (κ1) is 13.9. The fourth-order valence-corrected chi connectivity index (χ4v) is 2.53. The van der Waals surface area contributed by atoms with Gasteiger partial charge in [0.15, 0.2) is 0 Å². The molecule has 0 bridgehead atoms. The number of benzene rings is 1. The quantitative estimate of drug-likeness (QED) is 0.871. The molecule has 1 unspecified atom stereocenters.